The van der Waals surface area contributed by atoms with E-state index in [1.165, 1.54) is 11.3 Å². The van der Waals surface area contributed by atoms with Crippen LogP contribution in [0.2, 0.25) is 0 Å². The molecule has 0 aliphatic carbocycles. The van der Waals surface area contributed by atoms with Crippen molar-refractivity contribution in [1.82, 2.24) is 0 Å². The number of hydrogen-bond donors (Lipinski definition) is 1. The van der Waals surface area contributed by atoms with Crippen molar-refractivity contribution in [3.05, 3.63) is 66.2 Å². The average molecular weight is 362 g/mol. The number of halogens is 1. The molecule has 0 spiro atoms. The summed E-state index contributed by atoms with van der Waals surface area (Å²) >= 11 is 0. The van der Waals surface area contributed by atoms with Crippen LogP contribution in [-0.4, -0.2) is 23.8 Å². The predicted molar refractivity (Wildman–Crippen MR) is 111 cm³/mol. The SMILES string of the molecule is CC(C)C(CC(CO)c1ccccc1)N(c1ccccc1)C(C)C.Cl. The highest BCUT2D eigenvalue weighted by Gasteiger charge is 2.28. The van der Waals surface area contributed by atoms with Crippen LogP contribution < -0.4 is 4.90 Å². The number of benzene rings is 2. The highest BCUT2D eigenvalue weighted by Crippen LogP contribution is 2.31. The highest BCUT2D eigenvalue weighted by molar-refractivity contribution is 5.85. The molecule has 2 unspecified atom stereocenters. The number of nitrogens with zero attached hydrogens (tertiary/aromatic N) is 1. The predicted octanol–water partition coefficient (Wildman–Crippen LogP) is 5.51. The van der Waals surface area contributed by atoms with Crippen LogP contribution >= 0.6 is 12.4 Å². The van der Waals surface area contributed by atoms with Crippen LogP contribution in [0.4, 0.5) is 5.69 Å². The minimum absolute atomic E-state index is 0. The molecule has 2 aromatic rings. The Morgan fingerprint density at radius 2 is 1.36 bits per heavy atom. The van der Waals surface area contributed by atoms with Gasteiger partial charge in [0.05, 0.1) is 6.61 Å². The van der Waals surface area contributed by atoms with Crippen molar-refractivity contribution in [2.24, 2.45) is 5.92 Å². The number of anilines is 1. The van der Waals surface area contributed by atoms with Crippen molar-refractivity contribution < 1.29 is 5.11 Å². The average Bonchev–Trinajstić information content (AvgIpc) is 2.59. The molecule has 1 N–H and O–H groups in total. The summed E-state index contributed by atoms with van der Waals surface area (Å²) in [6.45, 7) is 9.25. The van der Waals surface area contributed by atoms with E-state index in [9.17, 15) is 5.11 Å². The lowest BCUT2D eigenvalue weighted by atomic mass is 9.86. The van der Waals surface area contributed by atoms with Gasteiger partial charge in [-0.3, -0.25) is 0 Å². The molecule has 25 heavy (non-hydrogen) atoms. The number of aliphatic hydroxyl groups is 1. The van der Waals surface area contributed by atoms with E-state index in [4.69, 9.17) is 0 Å². The van der Waals surface area contributed by atoms with E-state index in [2.05, 4.69) is 87.2 Å². The maximum atomic E-state index is 9.98. The summed E-state index contributed by atoms with van der Waals surface area (Å²) < 4.78 is 0. The second-order valence-corrected chi connectivity index (χ2v) is 7.17. The fourth-order valence-electron chi connectivity index (χ4n) is 3.51. The Bertz CT molecular complexity index is 585. The van der Waals surface area contributed by atoms with Gasteiger partial charge in [0.25, 0.3) is 0 Å². The molecule has 2 nitrogen and oxygen atoms in total. The molecule has 0 saturated carbocycles. The Morgan fingerprint density at radius 1 is 0.840 bits per heavy atom. The second-order valence-electron chi connectivity index (χ2n) is 7.17. The van der Waals surface area contributed by atoms with Crippen molar-refractivity contribution in [2.45, 2.75) is 52.1 Å². The molecule has 3 heteroatoms. The Hall–Kier alpha value is -1.51. The van der Waals surface area contributed by atoms with Gasteiger partial charge in [0.2, 0.25) is 0 Å². The topological polar surface area (TPSA) is 23.5 Å². The number of para-hydroxylation sites is 1. The minimum Gasteiger partial charge on any atom is -0.396 e. The molecule has 2 atom stereocenters. The Kier molecular flexibility index (Phi) is 9.02. The maximum absolute atomic E-state index is 9.98. The van der Waals surface area contributed by atoms with Gasteiger partial charge in [-0.1, -0.05) is 62.4 Å². The zero-order chi connectivity index (χ0) is 17.5. The molecule has 138 valence electrons. The van der Waals surface area contributed by atoms with Crippen LogP contribution in [0, 0.1) is 5.92 Å². The van der Waals surface area contributed by atoms with Gasteiger partial charge in [-0.2, -0.15) is 0 Å². The molecule has 0 aliphatic rings. The van der Waals surface area contributed by atoms with Crippen molar-refractivity contribution in [2.75, 3.05) is 11.5 Å². The Balaban J connectivity index is 0.00000312. The smallest absolute Gasteiger partial charge is 0.0500 e. The van der Waals surface area contributed by atoms with Gasteiger partial charge in [0.15, 0.2) is 0 Å². The van der Waals surface area contributed by atoms with Gasteiger partial charge < -0.3 is 10.0 Å². The first-order chi connectivity index (χ1) is 11.5. The van der Waals surface area contributed by atoms with Crippen LogP contribution in [-0.2, 0) is 0 Å². The van der Waals surface area contributed by atoms with Crippen LogP contribution in [0.1, 0.15) is 45.6 Å². The third kappa shape index (κ3) is 5.76. The third-order valence-corrected chi connectivity index (χ3v) is 4.75. The minimum atomic E-state index is 0. The normalized spacial score (nSPS) is 13.4. The summed E-state index contributed by atoms with van der Waals surface area (Å²) in [5.41, 5.74) is 2.48. The van der Waals surface area contributed by atoms with Crippen molar-refractivity contribution in [1.29, 1.82) is 0 Å². The van der Waals surface area contributed by atoms with Gasteiger partial charge in [0.1, 0.15) is 0 Å². The number of hydrogen-bond acceptors (Lipinski definition) is 2. The van der Waals surface area contributed by atoms with Gasteiger partial charge in [-0.15, -0.1) is 12.4 Å². The van der Waals surface area contributed by atoms with Gasteiger partial charge in [-0.25, -0.2) is 0 Å². The van der Waals surface area contributed by atoms with Crippen LogP contribution in [0.15, 0.2) is 60.7 Å². The molecule has 2 aromatic carbocycles. The maximum Gasteiger partial charge on any atom is 0.0500 e. The fraction of sp³-hybridized carbons (Fsp3) is 0.455. The molecule has 0 radical (unpaired) electrons. The Labute approximate surface area is 159 Å². The molecular weight excluding hydrogens is 330 g/mol. The first kappa shape index (κ1) is 21.5. The fourth-order valence-corrected chi connectivity index (χ4v) is 3.51. The van der Waals surface area contributed by atoms with E-state index in [-0.39, 0.29) is 24.9 Å². The summed E-state index contributed by atoms with van der Waals surface area (Å²) in [7, 11) is 0. The molecule has 0 aliphatic heterocycles. The van der Waals surface area contributed by atoms with E-state index in [1.54, 1.807) is 0 Å². The third-order valence-electron chi connectivity index (χ3n) is 4.75. The molecule has 0 aromatic heterocycles. The summed E-state index contributed by atoms with van der Waals surface area (Å²) in [4.78, 5) is 2.51. The molecule has 2 rings (SSSR count). The van der Waals surface area contributed by atoms with Gasteiger partial charge in [-0.05, 0) is 43.9 Å². The van der Waals surface area contributed by atoms with E-state index in [1.807, 2.05) is 6.07 Å². The molecule has 0 fully saturated rings. The summed E-state index contributed by atoms with van der Waals surface area (Å²) in [6, 6.07) is 21.8. The van der Waals surface area contributed by atoms with Crippen molar-refractivity contribution in [3.8, 4) is 0 Å². The van der Waals surface area contributed by atoms with Gasteiger partial charge >= 0.3 is 0 Å². The van der Waals surface area contributed by atoms with E-state index in [0.29, 0.717) is 18.0 Å². The lowest BCUT2D eigenvalue weighted by Crippen LogP contribution is -2.44. The first-order valence-corrected chi connectivity index (χ1v) is 9.03. The number of aliphatic hydroxyl groups excluding tert-OH is 1. The standard InChI is InChI=1S/C22H31NO.ClH/c1-17(2)22(15-20(16-24)19-11-7-5-8-12-19)23(18(3)4)21-13-9-6-10-14-21;/h5-14,17-18,20,22,24H,15-16H2,1-4H3;1H. The zero-order valence-electron chi connectivity index (χ0n) is 15.8. The molecule has 0 heterocycles. The lowest BCUT2D eigenvalue weighted by Gasteiger charge is -2.41. The largest absolute Gasteiger partial charge is 0.396 e. The van der Waals surface area contributed by atoms with E-state index < -0.39 is 0 Å². The molecule has 0 saturated heterocycles. The highest BCUT2D eigenvalue weighted by atomic mass is 35.5. The zero-order valence-corrected chi connectivity index (χ0v) is 16.6. The van der Waals surface area contributed by atoms with Crippen LogP contribution in [0.25, 0.3) is 0 Å². The molecule has 0 bridgehead atoms. The lowest BCUT2D eigenvalue weighted by molar-refractivity contribution is 0.241. The van der Waals surface area contributed by atoms with E-state index in [0.717, 1.165) is 6.42 Å². The molecule has 0 amide bonds. The van der Waals surface area contributed by atoms with E-state index >= 15 is 0 Å². The molecular formula is C22H32ClNO. The summed E-state index contributed by atoms with van der Waals surface area (Å²) in [5, 5.41) is 9.98. The van der Waals surface area contributed by atoms with Crippen molar-refractivity contribution in [3.63, 3.8) is 0 Å². The monoisotopic (exact) mass is 361 g/mol. The summed E-state index contributed by atoms with van der Waals surface area (Å²) in [5.74, 6) is 0.675. The first-order valence-electron chi connectivity index (χ1n) is 9.03. The quantitative estimate of drug-likeness (QED) is 0.669. The summed E-state index contributed by atoms with van der Waals surface area (Å²) in [6.07, 6.45) is 0.950. The van der Waals surface area contributed by atoms with Crippen molar-refractivity contribution >= 4 is 18.1 Å². The van der Waals surface area contributed by atoms with Gasteiger partial charge in [0, 0.05) is 23.7 Å². The second kappa shape index (κ2) is 10.5. The Morgan fingerprint density at radius 3 is 1.80 bits per heavy atom. The van der Waals surface area contributed by atoms with Crippen LogP contribution in [0.3, 0.4) is 0 Å². The van der Waals surface area contributed by atoms with Crippen LogP contribution in [0.5, 0.6) is 0 Å². The number of rotatable bonds is 8.